The molecule has 0 radical (unpaired) electrons. The van der Waals surface area contributed by atoms with Gasteiger partial charge in [-0.1, -0.05) is 16.0 Å². The number of carbonyl (C=O) groups is 1. The Morgan fingerprint density at radius 1 is 1.33 bits per heavy atom. The van der Waals surface area contributed by atoms with Gasteiger partial charge in [0.25, 0.3) is 0 Å². The quantitative estimate of drug-likeness (QED) is 0.795. The molecular formula is C11H14FNO4S. The molecule has 1 rings (SSSR count). The fourth-order valence-electron chi connectivity index (χ4n) is 1.37. The zero-order chi connectivity index (χ0) is 13.6. The van der Waals surface area contributed by atoms with Gasteiger partial charge in [-0.25, -0.2) is 0 Å². The van der Waals surface area contributed by atoms with Crippen molar-refractivity contribution < 1.29 is 21.3 Å². The average Bonchev–Trinajstić information content (AvgIpc) is 2.26. The van der Waals surface area contributed by atoms with Crippen LogP contribution in [0.25, 0.3) is 0 Å². The number of rotatable bonds is 6. The van der Waals surface area contributed by atoms with E-state index in [2.05, 4.69) is 9.50 Å². The lowest BCUT2D eigenvalue weighted by atomic mass is 10.1. The molecule has 0 spiro atoms. The maximum Gasteiger partial charge on any atom is 0.488 e. The van der Waals surface area contributed by atoms with E-state index in [1.54, 1.807) is 12.1 Å². The van der Waals surface area contributed by atoms with Crippen LogP contribution in [0.3, 0.4) is 0 Å². The molecule has 5 nitrogen and oxygen atoms in total. The van der Waals surface area contributed by atoms with Crippen LogP contribution in [-0.2, 0) is 21.7 Å². The van der Waals surface area contributed by atoms with Crippen LogP contribution >= 0.6 is 0 Å². The van der Waals surface area contributed by atoms with Crippen molar-refractivity contribution in [3.05, 3.63) is 29.8 Å². The molecule has 0 fully saturated rings. The van der Waals surface area contributed by atoms with E-state index < -0.39 is 10.5 Å². The molecule has 0 aliphatic rings. The minimum Gasteiger partial charge on any atom is -0.358 e. The Morgan fingerprint density at radius 3 is 2.44 bits per heavy atom. The van der Waals surface area contributed by atoms with Crippen LogP contribution in [0.5, 0.6) is 5.75 Å². The highest BCUT2D eigenvalue weighted by molar-refractivity contribution is 7.81. The number of hydrogen-bond donors (Lipinski definition) is 1. The highest BCUT2D eigenvalue weighted by Crippen LogP contribution is 2.15. The van der Waals surface area contributed by atoms with E-state index >= 15 is 0 Å². The van der Waals surface area contributed by atoms with Crippen molar-refractivity contribution in [2.45, 2.75) is 19.8 Å². The molecule has 0 aliphatic heterocycles. The van der Waals surface area contributed by atoms with E-state index in [1.165, 1.54) is 12.1 Å². The van der Waals surface area contributed by atoms with Gasteiger partial charge in [0.2, 0.25) is 5.91 Å². The largest absolute Gasteiger partial charge is 0.488 e. The van der Waals surface area contributed by atoms with Crippen LogP contribution in [0.4, 0.5) is 3.89 Å². The maximum atomic E-state index is 12.2. The molecular weight excluding hydrogens is 261 g/mol. The van der Waals surface area contributed by atoms with Crippen molar-refractivity contribution in [3.63, 3.8) is 0 Å². The molecule has 0 heterocycles. The highest BCUT2D eigenvalue weighted by Gasteiger charge is 2.09. The van der Waals surface area contributed by atoms with Crippen LogP contribution < -0.4 is 9.50 Å². The predicted molar refractivity (Wildman–Crippen MR) is 64.1 cm³/mol. The Morgan fingerprint density at radius 2 is 1.94 bits per heavy atom. The van der Waals surface area contributed by atoms with Gasteiger partial charge >= 0.3 is 10.5 Å². The van der Waals surface area contributed by atoms with Crippen LogP contribution in [-0.4, -0.2) is 20.9 Å². The predicted octanol–water partition coefficient (Wildman–Crippen LogP) is 1.35. The second kappa shape index (κ2) is 6.34. The fourth-order valence-corrected chi connectivity index (χ4v) is 1.71. The van der Waals surface area contributed by atoms with Gasteiger partial charge in [0.05, 0.1) is 0 Å². The van der Waals surface area contributed by atoms with E-state index in [9.17, 15) is 17.1 Å². The molecule has 0 saturated carbocycles. The topological polar surface area (TPSA) is 72.5 Å². The van der Waals surface area contributed by atoms with Gasteiger partial charge in [0.1, 0.15) is 5.75 Å². The van der Waals surface area contributed by atoms with E-state index in [0.29, 0.717) is 19.4 Å². The molecule has 1 aromatic rings. The lowest BCUT2D eigenvalue weighted by Crippen LogP contribution is -2.22. The van der Waals surface area contributed by atoms with Crippen LogP contribution in [0.15, 0.2) is 24.3 Å². The first-order valence-electron chi connectivity index (χ1n) is 5.40. The van der Waals surface area contributed by atoms with Gasteiger partial charge < -0.3 is 9.50 Å². The third-order valence-corrected chi connectivity index (χ3v) is 2.53. The zero-order valence-corrected chi connectivity index (χ0v) is 10.7. The molecule has 0 aromatic heterocycles. The number of carbonyl (C=O) groups excluding carboxylic acids is 1. The molecule has 18 heavy (non-hydrogen) atoms. The third-order valence-electron chi connectivity index (χ3n) is 2.13. The smallest absolute Gasteiger partial charge is 0.358 e. The van der Waals surface area contributed by atoms with Crippen molar-refractivity contribution >= 4 is 16.4 Å². The van der Waals surface area contributed by atoms with Crippen LogP contribution in [0.1, 0.15) is 18.9 Å². The second-order valence-corrected chi connectivity index (χ2v) is 4.53. The van der Waals surface area contributed by atoms with Gasteiger partial charge in [0.15, 0.2) is 0 Å². The number of nitrogens with one attached hydrogen (secondary N) is 1. The molecule has 0 saturated heterocycles. The molecule has 0 aliphatic carbocycles. The summed E-state index contributed by atoms with van der Waals surface area (Å²) >= 11 is 0. The first-order chi connectivity index (χ1) is 8.40. The Kier molecular flexibility index (Phi) is 5.08. The van der Waals surface area contributed by atoms with Crippen molar-refractivity contribution in [3.8, 4) is 5.75 Å². The summed E-state index contributed by atoms with van der Waals surface area (Å²) in [6, 6.07) is 5.84. The van der Waals surface area contributed by atoms with Crippen LogP contribution in [0, 0.1) is 0 Å². The standard InChI is InChI=1S/C11H14FNO4S/c1-2-13-11(14)8-5-9-3-6-10(7-4-9)17-18(12,15)16/h3-4,6-7H,2,5,8H2,1H3,(H,13,14). The summed E-state index contributed by atoms with van der Waals surface area (Å²) in [5, 5.41) is 2.67. The number of amides is 1. The SMILES string of the molecule is CCNC(=O)CCc1ccc(OS(=O)(=O)F)cc1. The van der Waals surface area contributed by atoms with Crippen molar-refractivity contribution in [1.82, 2.24) is 5.32 Å². The number of benzene rings is 1. The third kappa shape index (κ3) is 5.62. The van der Waals surface area contributed by atoms with Crippen molar-refractivity contribution in [2.24, 2.45) is 0 Å². The molecule has 1 aromatic carbocycles. The molecule has 0 atom stereocenters. The Hall–Kier alpha value is -1.63. The first-order valence-corrected chi connectivity index (χ1v) is 6.71. The molecule has 1 N–H and O–H groups in total. The lowest BCUT2D eigenvalue weighted by Gasteiger charge is -2.04. The summed E-state index contributed by atoms with van der Waals surface area (Å²) in [4.78, 5) is 11.2. The van der Waals surface area contributed by atoms with Gasteiger partial charge in [-0.15, -0.1) is 0 Å². The average molecular weight is 275 g/mol. The van der Waals surface area contributed by atoms with E-state index in [4.69, 9.17) is 0 Å². The van der Waals surface area contributed by atoms with Crippen LogP contribution in [0.2, 0.25) is 0 Å². The molecule has 0 unspecified atom stereocenters. The lowest BCUT2D eigenvalue weighted by molar-refractivity contribution is -0.120. The molecule has 1 amide bonds. The first kappa shape index (κ1) is 14.4. The van der Waals surface area contributed by atoms with E-state index in [1.807, 2.05) is 6.92 Å². The monoisotopic (exact) mass is 275 g/mol. The normalized spacial score (nSPS) is 11.0. The fraction of sp³-hybridized carbons (Fsp3) is 0.364. The summed E-state index contributed by atoms with van der Waals surface area (Å²) in [7, 11) is -4.99. The molecule has 0 bridgehead atoms. The van der Waals surface area contributed by atoms with Gasteiger partial charge in [-0.3, -0.25) is 4.79 Å². The minimum absolute atomic E-state index is 0.0517. The Labute approximate surface area is 105 Å². The number of hydrogen-bond acceptors (Lipinski definition) is 4. The zero-order valence-electron chi connectivity index (χ0n) is 9.85. The van der Waals surface area contributed by atoms with Gasteiger partial charge in [-0.05, 0) is 31.0 Å². The summed E-state index contributed by atoms with van der Waals surface area (Å²) in [5.74, 6) is -0.150. The van der Waals surface area contributed by atoms with E-state index in [0.717, 1.165) is 5.56 Å². The van der Waals surface area contributed by atoms with Gasteiger partial charge in [-0.2, -0.15) is 8.42 Å². The highest BCUT2D eigenvalue weighted by atomic mass is 32.3. The van der Waals surface area contributed by atoms with Crippen molar-refractivity contribution in [2.75, 3.05) is 6.54 Å². The maximum absolute atomic E-state index is 12.2. The summed E-state index contributed by atoms with van der Waals surface area (Å²) in [5.41, 5.74) is 0.838. The molecule has 100 valence electrons. The Balaban J connectivity index is 2.53. The summed E-state index contributed by atoms with van der Waals surface area (Å²) in [6.45, 7) is 2.42. The summed E-state index contributed by atoms with van der Waals surface area (Å²) < 4.78 is 36.7. The summed E-state index contributed by atoms with van der Waals surface area (Å²) in [6.07, 6.45) is 0.865. The minimum atomic E-state index is -4.99. The van der Waals surface area contributed by atoms with Gasteiger partial charge in [0, 0.05) is 13.0 Å². The van der Waals surface area contributed by atoms with Crippen molar-refractivity contribution in [1.29, 1.82) is 0 Å². The second-order valence-electron chi connectivity index (χ2n) is 3.57. The number of halogens is 1. The molecule has 7 heteroatoms. The Bertz CT molecular complexity index is 498. The number of aryl methyl sites for hydroxylation is 1. The van der Waals surface area contributed by atoms with E-state index in [-0.39, 0.29) is 11.7 Å².